The van der Waals surface area contributed by atoms with Gasteiger partial charge in [0.1, 0.15) is 10.4 Å². The Bertz CT molecular complexity index is 961. The van der Waals surface area contributed by atoms with Crippen molar-refractivity contribution >= 4 is 34.3 Å². The van der Waals surface area contributed by atoms with Gasteiger partial charge in [-0.05, 0) is 56.5 Å². The zero-order valence-electron chi connectivity index (χ0n) is 14.8. The summed E-state index contributed by atoms with van der Waals surface area (Å²) in [7, 11) is 0. The first kappa shape index (κ1) is 17.1. The van der Waals surface area contributed by atoms with Gasteiger partial charge in [-0.25, -0.2) is 0 Å². The largest absolute Gasteiger partial charge is 0.325 e. The number of fused-ring (bicyclic) bond motifs is 1. The molecule has 7 heteroatoms. The maximum absolute atomic E-state index is 12.8. The van der Waals surface area contributed by atoms with E-state index in [1.807, 2.05) is 43.5 Å². The number of thioether (sulfide) groups is 1. The molecule has 1 fully saturated rings. The molecule has 1 unspecified atom stereocenters. The number of nitrogens with zero attached hydrogens (tertiary/aromatic N) is 2. The summed E-state index contributed by atoms with van der Waals surface area (Å²) < 4.78 is -0.392. The van der Waals surface area contributed by atoms with Gasteiger partial charge in [0.2, 0.25) is 5.91 Å². The number of aromatic amines is 1. The van der Waals surface area contributed by atoms with Crippen LogP contribution in [0.15, 0.2) is 36.5 Å². The first-order valence-electron chi connectivity index (χ1n) is 8.60. The molecule has 0 spiro atoms. The number of benzene rings is 1. The number of aryl methyl sites for hydroxylation is 1. The molecule has 1 saturated heterocycles. The predicted octanol–water partition coefficient (Wildman–Crippen LogP) is 2.97. The number of hydrogen-bond donors (Lipinski definition) is 3. The molecule has 1 aliphatic heterocycles. The van der Waals surface area contributed by atoms with E-state index >= 15 is 0 Å². The molecule has 1 aliphatic rings. The Morgan fingerprint density at radius 1 is 1.31 bits per heavy atom. The minimum absolute atomic E-state index is 0.0548. The van der Waals surface area contributed by atoms with Crippen LogP contribution in [0.25, 0.3) is 22.2 Å². The number of amides is 1. The second-order valence-electron chi connectivity index (χ2n) is 6.60. The number of H-pyrrole nitrogens is 1. The number of carbonyl (C=O) groups is 1. The third kappa shape index (κ3) is 2.97. The van der Waals surface area contributed by atoms with Crippen molar-refractivity contribution in [1.29, 1.82) is 0 Å². The number of anilines is 1. The summed E-state index contributed by atoms with van der Waals surface area (Å²) in [5, 5.41) is 14.9. The van der Waals surface area contributed by atoms with Crippen LogP contribution in [0.2, 0.25) is 0 Å². The zero-order valence-corrected chi connectivity index (χ0v) is 15.6. The second kappa shape index (κ2) is 6.74. The summed E-state index contributed by atoms with van der Waals surface area (Å²) in [6, 6.07) is 9.80. The molecule has 1 atom stereocenters. The average Bonchev–Trinajstić information content (AvgIpc) is 3.29. The Morgan fingerprint density at radius 2 is 2.19 bits per heavy atom. The molecule has 0 bridgehead atoms. The van der Waals surface area contributed by atoms with Gasteiger partial charge in [-0.2, -0.15) is 5.10 Å². The quantitative estimate of drug-likeness (QED) is 0.660. The lowest BCUT2D eigenvalue weighted by Gasteiger charge is -2.24. The molecule has 6 nitrogen and oxygen atoms in total. The summed E-state index contributed by atoms with van der Waals surface area (Å²) in [5.41, 5.74) is 4.54. The molecule has 3 heterocycles. The van der Waals surface area contributed by atoms with E-state index in [0.29, 0.717) is 6.54 Å². The number of nitrogens with one attached hydrogen (secondary N) is 3. The smallest absolute Gasteiger partial charge is 0.241 e. The Balaban J connectivity index is 1.67. The minimum Gasteiger partial charge on any atom is -0.325 e. The van der Waals surface area contributed by atoms with Gasteiger partial charge < -0.3 is 10.6 Å². The summed E-state index contributed by atoms with van der Waals surface area (Å²) in [6.07, 6.45) is 4.62. The third-order valence-electron chi connectivity index (χ3n) is 4.91. The first-order chi connectivity index (χ1) is 12.6. The molecular formula is C19H21N5OS. The molecule has 4 rings (SSSR count). The van der Waals surface area contributed by atoms with Gasteiger partial charge in [0.25, 0.3) is 0 Å². The monoisotopic (exact) mass is 367 g/mol. The van der Waals surface area contributed by atoms with E-state index in [-0.39, 0.29) is 5.91 Å². The van der Waals surface area contributed by atoms with Gasteiger partial charge in [-0.15, -0.1) is 11.8 Å². The predicted molar refractivity (Wildman–Crippen MR) is 106 cm³/mol. The van der Waals surface area contributed by atoms with Crippen LogP contribution in [0.5, 0.6) is 0 Å². The van der Waals surface area contributed by atoms with Crippen LogP contribution in [-0.4, -0.2) is 45.2 Å². The van der Waals surface area contributed by atoms with Crippen molar-refractivity contribution in [3.8, 4) is 11.3 Å². The van der Waals surface area contributed by atoms with Crippen LogP contribution in [0.3, 0.4) is 0 Å². The van der Waals surface area contributed by atoms with E-state index in [9.17, 15) is 4.79 Å². The minimum atomic E-state index is -0.392. The van der Waals surface area contributed by atoms with Gasteiger partial charge in [-0.3, -0.25) is 14.9 Å². The highest BCUT2D eigenvalue weighted by Gasteiger charge is 2.40. The summed E-state index contributed by atoms with van der Waals surface area (Å²) in [6.45, 7) is 3.54. The Morgan fingerprint density at radius 3 is 2.92 bits per heavy atom. The van der Waals surface area contributed by atoms with E-state index < -0.39 is 4.75 Å². The molecule has 2 aromatic heterocycles. The summed E-state index contributed by atoms with van der Waals surface area (Å²) in [5.74, 6) is 0.0548. The molecule has 0 aliphatic carbocycles. The van der Waals surface area contributed by atoms with Gasteiger partial charge in [-0.1, -0.05) is 0 Å². The van der Waals surface area contributed by atoms with Gasteiger partial charge in [0.05, 0.1) is 5.52 Å². The van der Waals surface area contributed by atoms with Crippen molar-refractivity contribution in [3.63, 3.8) is 0 Å². The molecule has 0 saturated carbocycles. The van der Waals surface area contributed by atoms with Crippen LogP contribution < -0.4 is 10.6 Å². The zero-order chi connectivity index (χ0) is 18.1. The van der Waals surface area contributed by atoms with Crippen molar-refractivity contribution < 1.29 is 4.79 Å². The van der Waals surface area contributed by atoms with E-state index in [4.69, 9.17) is 0 Å². The normalized spacial score (nSPS) is 19.8. The number of pyridine rings is 1. The average molecular weight is 367 g/mol. The van der Waals surface area contributed by atoms with Gasteiger partial charge >= 0.3 is 0 Å². The van der Waals surface area contributed by atoms with Crippen molar-refractivity contribution in [3.05, 3.63) is 42.2 Å². The third-order valence-corrected chi connectivity index (χ3v) is 6.23. The van der Waals surface area contributed by atoms with E-state index in [2.05, 4.69) is 25.8 Å². The van der Waals surface area contributed by atoms with E-state index in [1.54, 1.807) is 18.0 Å². The summed E-state index contributed by atoms with van der Waals surface area (Å²) >= 11 is 1.61. The molecule has 134 valence electrons. The molecule has 3 N–H and O–H groups in total. The fourth-order valence-corrected chi connectivity index (χ4v) is 4.17. The fourth-order valence-electron chi connectivity index (χ4n) is 3.38. The van der Waals surface area contributed by atoms with Crippen molar-refractivity contribution in [2.24, 2.45) is 0 Å². The highest BCUT2D eigenvalue weighted by molar-refractivity contribution is 8.00. The second-order valence-corrected chi connectivity index (χ2v) is 7.79. The lowest BCUT2D eigenvalue weighted by Crippen LogP contribution is -2.41. The maximum Gasteiger partial charge on any atom is 0.241 e. The lowest BCUT2D eigenvalue weighted by atomic mass is 10.1. The molecule has 3 aromatic rings. The Labute approximate surface area is 156 Å². The van der Waals surface area contributed by atoms with Crippen LogP contribution >= 0.6 is 11.8 Å². The van der Waals surface area contributed by atoms with E-state index in [0.717, 1.165) is 46.5 Å². The lowest BCUT2D eigenvalue weighted by molar-refractivity contribution is -0.118. The standard InChI is InChI=1S/C19H21N5OS/c1-12-9-13(5-7-21-12)17-15-10-14(3-4-16(15)23-24-17)22-18(25)19(26-2)6-8-20-11-19/h3-5,7,9-10,20H,6,8,11H2,1-2H3,(H,22,25)(H,23,24). The molecular weight excluding hydrogens is 346 g/mol. The SMILES string of the molecule is CSC1(C(=O)Nc2ccc3[nH]nc(-c4ccnc(C)c4)c3c2)CCNC1. The van der Waals surface area contributed by atoms with Gasteiger partial charge in [0, 0.05) is 35.1 Å². The number of rotatable bonds is 4. The van der Waals surface area contributed by atoms with Crippen LogP contribution in [-0.2, 0) is 4.79 Å². The van der Waals surface area contributed by atoms with Crippen LogP contribution in [0.4, 0.5) is 5.69 Å². The highest BCUT2D eigenvalue weighted by atomic mass is 32.2. The summed E-state index contributed by atoms with van der Waals surface area (Å²) in [4.78, 5) is 17.1. The number of hydrogen-bond acceptors (Lipinski definition) is 5. The number of aromatic nitrogens is 3. The molecule has 0 radical (unpaired) electrons. The van der Waals surface area contributed by atoms with Crippen molar-refractivity contribution in [1.82, 2.24) is 20.5 Å². The highest BCUT2D eigenvalue weighted by Crippen LogP contribution is 2.32. The molecule has 1 amide bonds. The van der Waals surface area contributed by atoms with Crippen LogP contribution in [0, 0.1) is 6.92 Å². The van der Waals surface area contributed by atoms with E-state index in [1.165, 1.54) is 0 Å². The Hall–Kier alpha value is -2.38. The number of carbonyl (C=O) groups excluding carboxylic acids is 1. The van der Waals surface area contributed by atoms with Gasteiger partial charge in [0.15, 0.2) is 0 Å². The maximum atomic E-state index is 12.8. The first-order valence-corrected chi connectivity index (χ1v) is 9.82. The topological polar surface area (TPSA) is 82.7 Å². The Kier molecular flexibility index (Phi) is 4.42. The van der Waals surface area contributed by atoms with Crippen molar-refractivity contribution in [2.45, 2.75) is 18.1 Å². The molecule has 1 aromatic carbocycles. The molecule has 26 heavy (non-hydrogen) atoms. The van der Waals surface area contributed by atoms with Crippen molar-refractivity contribution in [2.75, 3.05) is 24.7 Å². The fraction of sp³-hybridized carbons (Fsp3) is 0.316. The van der Waals surface area contributed by atoms with Crippen LogP contribution in [0.1, 0.15) is 12.1 Å².